The molecule has 0 bridgehead atoms. The summed E-state index contributed by atoms with van der Waals surface area (Å²) in [5.74, 6) is 24.8. The first kappa shape index (κ1) is 121. The molecule has 0 aromatic rings. The Balaban J connectivity index is 0. The van der Waals surface area contributed by atoms with Crippen LogP contribution < -0.4 is 0 Å². The zero-order valence-corrected chi connectivity index (χ0v) is 86.7. The van der Waals surface area contributed by atoms with Crippen LogP contribution in [0.25, 0.3) is 0 Å². The molecule has 720 valence electrons. The topological polar surface area (TPSA) is 121 Å². The van der Waals surface area contributed by atoms with Gasteiger partial charge < -0.3 is 43.5 Å². The summed E-state index contributed by atoms with van der Waals surface area (Å²) in [5, 5.41) is 17.6. The van der Waals surface area contributed by atoms with Gasteiger partial charge in [0.1, 0.15) is 13.6 Å². The summed E-state index contributed by atoms with van der Waals surface area (Å²) in [4.78, 5) is 16.0. The molecule has 15 fully saturated rings. The fourth-order valence-electron chi connectivity index (χ4n) is 21.0. The van der Waals surface area contributed by atoms with Crippen molar-refractivity contribution in [3.05, 3.63) is 0 Å². The lowest BCUT2D eigenvalue weighted by Gasteiger charge is -2.31. The molecule has 15 saturated carbocycles. The summed E-state index contributed by atoms with van der Waals surface area (Å²) in [7, 11) is 7.20. The average molecular weight is 1700 g/mol. The number of rotatable bonds is 9. The van der Waals surface area contributed by atoms with E-state index in [1.54, 1.807) is 14.2 Å². The van der Waals surface area contributed by atoms with Crippen LogP contribution in [0.4, 0.5) is 0 Å². The van der Waals surface area contributed by atoms with Crippen molar-refractivity contribution < 1.29 is 43.5 Å². The Morgan fingerprint density at radius 2 is 0.442 bits per heavy atom. The molecule has 0 heterocycles. The van der Waals surface area contributed by atoms with Crippen molar-refractivity contribution >= 4 is 13.6 Å². The Labute approximate surface area is 753 Å². The molecular formula is C111H222O9. The zero-order chi connectivity index (χ0) is 91.1. The molecule has 0 saturated heterocycles. The highest BCUT2D eigenvalue weighted by Gasteiger charge is 2.31. The Hall–Kier alpha value is -0.940. The minimum Gasteiger partial charge on any atom is -0.396 e. The monoisotopic (exact) mass is 1700 g/mol. The first-order valence-electron chi connectivity index (χ1n) is 52.6. The Kier molecular flexibility index (Phi) is 76.5. The van der Waals surface area contributed by atoms with E-state index < -0.39 is 0 Å². The van der Waals surface area contributed by atoms with Crippen molar-refractivity contribution in [2.75, 3.05) is 48.3 Å². The summed E-state index contributed by atoms with van der Waals surface area (Å²) in [6.07, 6.45) is 66.5. The molecule has 0 aromatic heterocycles. The van der Waals surface area contributed by atoms with Crippen LogP contribution in [0, 0.1) is 154 Å². The van der Waals surface area contributed by atoms with Gasteiger partial charge in [0.25, 0.3) is 0 Å². The maximum Gasteiger partial charge on any atom is 0.106 e. The maximum atomic E-state index is 8.86. The lowest BCUT2D eigenvalue weighted by molar-refractivity contribution is -0.0987. The standard InChI is InChI=1S/C9H18O2.C9H18O.2C8H16O.3C8H16.2C7H14O.2C7H14.3C6H12.C5H10.2CH2O/c1-7-4-8(10-2)6-9(5-7)11-3;1-3-10-9-6-4-5-8(2)7-9;1-7-4-3-5-8(6-7)9-2;1-7-4-2-3-5-8(7)6-9;2*1-7-3-5-8(2)6-4-7;1-7-5-3-4-6-8(7)2;1-6-3-4-7(5-6)8-2;1-6-3-2-4-7(6)5-8;1-6-3-4-7(2)5-6;1-6-4-3-5-7(6)2;2*1-5-3-6(2)4-5;1-3-6-4-5(6)2;1-4-3-5(4)2;2*1-2/h7-9H,4-6H2,1-3H3;8-9H,3-7H2,1-2H3;7-8H,3-6H2,1-2H3;7-9H,2-6H2,1H3;3*7-8H,3-6H2,1-2H3;6-7H,3-5H2,1-2H3;6-8H,2-5H2,1H3;2*6-7H,3-5H2,1-2H3;3*5-6H,3-4H2,1-2H3;4-5H,3H2,1-2H3;2*1H2. The molecule has 22 atom stereocenters. The van der Waals surface area contributed by atoms with Gasteiger partial charge in [0.15, 0.2) is 0 Å². The van der Waals surface area contributed by atoms with Gasteiger partial charge in [0.2, 0.25) is 0 Å². The van der Waals surface area contributed by atoms with Crippen molar-refractivity contribution in [1.82, 2.24) is 0 Å². The molecule has 15 aliphatic carbocycles. The molecule has 0 aromatic carbocycles. The number of hydrogen-bond donors (Lipinski definition) is 2. The third kappa shape index (κ3) is 64.7. The van der Waals surface area contributed by atoms with Crippen LogP contribution >= 0.6 is 0 Å². The molecule has 120 heavy (non-hydrogen) atoms. The van der Waals surface area contributed by atoms with E-state index in [1.165, 1.54) is 289 Å². The second-order valence-electron chi connectivity index (χ2n) is 44.7. The van der Waals surface area contributed by atoms with Crippen LogP contribution in [0.15, 0.2) is 0 Å². The van der Waals surface area contributed by atoms with Crippen LogP contribution in [0.2, 0.25) is 0 Å². The largest absolute Gasteiger partial charge is 0.396 e. The highest BCUT2D eigenvalue weighted by molar-refractivity contribution is 5.11. The zero-order valence-electron chi connectivity index (χ0n) is 86.7. The number of hydrogen-bond acceptors (Lipinski definition) is 9. The van der Waals surface area contributed by atoms with Crippen LogP contribution in [-0.2, 0) is 33.3 Å². The van der Waals surface area contributed by atoms with Crippen molar-refractivity contribution in [3.8, 4) is 0 Å². The van der Waals surface area contributed by atoms with Gasteiger partial charge in [-0.2, -0.15) is 0 Å². The Bertz CT molecular complexity index is 2050. The summed E-state index contributed by atoms with van der Waals surface area (Å²) in [5.41, 5.74) is 0. The molecular weight excluding hydrogens is 1480 g/mol. The predicted molar refractivity (Wildman–Crippen MR) is 526 cm³/mol. The number of carbonyl (C=O) groups excluding carboxylic acids is 2. The first-order chi connectivity index (χ1) is 57.1. The van der Waals surface area contributed by atoms with Crippen molar-refractivity contribution in [3.63, 3.8) is 0 Å². The number of aliphatic hydroxyl groups is 2. The van der Waals surface area contributed by atoms with Crippen molar-refractivity contribution in [2.45, 2.75) is 499 Å². The van der Waals surface area contributed by atoms with E-state index in [2.05, 4.69) is 173 Å². The summed E-state index contributed by atoms with van der Waals surface area (Å²) in [6, 6.07) is 0. The molecule has 2 N–H and O–H groups in total. The van der Waals surface area contributed by atoms with Gasteiger partial charge in [0.05, 0.1) is 30.5 Å². The van der Waals surface area contributed by atoms with Gasteiger partial charge in [-0.3, -0.25) is 0 Å². The number of carbonyl (C=O) groups is 2. The van der Waals surface area contributed by atoms with Gasteiger partial charge >= 0.3 is 0 Å². The third-order valence-electron chi connectivity index (χ3n) is 31.7. The molecule has 0 spiro atoms. The van der Waals surface area contributed by atoms with E-state index in [-0.39, 0.29) is 0 Å². The van der Waals surface area contributed by atoms with Crippen LogP contribution in [0.1, 0.15) is 468 Å². The van der Waals surface area contributed by atoms with E-state index in [1.807, 2.05) is 27.8 Å². The van der Waals surface area contributed by atoms with E-state index in [4.69, 9.17) is 43.5 Å². The molecule has 15 rings (SSSR count). The summed E-state index contributed by atoms with van der Waals surface area (Å²) >= 11 is 0. The van der Waals surface area contributed by atoms with Crippen LogP contribution in [-0.4, -0.2) is 103 Å². The molecule has 9 nitrogen and oxygen atoms in total. The molecule has 0 radical (unpaired) electrons. The van der Waals surface area contributed by atoms with Gasteiger partial charge in [-0.25, -0.2) is 0 Å². The van der Waals surface area contributed by atoms with E-state index >= 15 is 0 Å². The maximum absolute atomic E-state index is 8.86. The second-order valence-corrected chi connectivity index (χ2v) is 44.7. The first-order valence-corrected chi connectivity index (χ1v) is 52.6. The molecule has 15 aliphatic rings. The smallest absolute Gasteiger partial charge is 0.106 e. The normalized spacial score (nSPS) is 38.6. The minimum absolute atomic E-state index is 0.404. The average Bonchev–Trinajstić information content (AvgIpc) is 1.61. The lowest BCUT2D eigenvalue weighted by Crippen LogP contribution is -2.30. The minimum atomic E-state index is 0.404. The van der Waals surface area contributed by atoms with Gasteiger partial charge in [0, 0.05) is 48.3 Å². The van der Waals surface area contributed by atoms with Crippen LogP contribution in [0.3, 0.4) is 0 Å². The van der Waals surface area contributed by atoms with Crippen LogP contribution in [0.5, 0.6) is 0 Å². The summed E-state index contributed by atoms with van der Waals surface area (Å²) < 4.78 is 26.6. The predicted octanol–water partition coefficient (Wildman–Crippen LogP) is 32.5. The Morgan fingerprint density at radius 3 is 0.642 bits per heavy atom. The number of methoxy groups -OCH3 is 4. The van der Waals surface area contributed by atoms with E-state index in [0.29, 0.717) is 55.6 Å². The SMILES string of the molecule is C=O.C=O.CC1CC(C)C1.CC1CC(C)C1.CC1CC1C.CC1CCC(C)C1.CC1CCC(C)CC1.CC1CCC(C)CC1.CC1CCCC1C.CC1CCCC1CO.CC1CCCCC1C.CC1CCCCC1CO.CCC1CC1C.CCOC1CCCC(C)C1.COC1CC(C)CC(OC)C1.COC1CCC(C)C1.COC1CCCC(C)C1. The highest BCUT2D eigenvalue weighted by Crippen LogP contribution is 2.41. The van der Waals surface area contributed by atoms with Crippen molar-refractivity contribution in [1.29, 1.82) is 0 Å². The van der Waals surface area contributed by atoms with Gasteiger partial charge in [-0.15, -0.1) is 0 Å². The van der Waals surface area contributed by atoms with E-state index in [0.717, 1.165) is 155 Å². The molecule has 0 aliphatic heterocycles. The van der Waals surface area contributed by atoms with E-state index in [9.17, 15) is 0 Å². The molecule has 9 heteroatoms. The van der Waals surface area contributed by atoms with Crippen molar-refractivity contribution in [2.24, 2.45) is 154 Å². The highest BCUT2D eigenvalue weighted by atomic mass is 16.5. The molecule has 22 unspecified atom stereocenters. The second kappa shape index (κ2) is 75.8. The van der Waals surface area contributed by atoms with Gasteiger partial charge in [-0.05, 0) is 283 Å². The van der Waals surface area contributed by atoms with Gasteiger partial charge in [-0.1, -0.05) is 340 Å². The quantitative estimate of drug-likeness (QED) is 0.232. The Morgan fingerprint density at radius 1 is 0.208 bits per heavy atom. The molecule has 0 amide bonds. The lowest BCUT2D eigenvalue weighted by atomic mass is 9.78. The number of aliphatic hydroxyl groups excluding tert-OH is 2. The number of ether oxygens (including phenoxy) is 5. The summed E-state index contributed by atoms with van der Waals surface area (Å²) in [6.45, 7) is 63.6. The fraction of sp³-hybridized carbons (Fsp3) is 0.982. The third-order valence-corrected chi connectivity index (χ3v) is 31.7. The fourth-order valence-corrected chi connectivity index (χ4v) is 21.0.